The Morgan fingerprint density at radius 1 is 1.21 bits per heavy atom. The van der Waals surface area contributed by atoms with Gasteiger partial charge in [-0.2, -0.15) is 0 Å². The fourth-order valence-corrected chi connectivity index (χ4v) is 5.28. The Morgan fingerprint density at radius 2 is 1.95 bits per heavy atom. The molecule has 1 aliphatic heterocycles. The van der Waals surface area contributed by atoms with Crippen molar-refractivity contribution in [3.8, 4) is 11.4 Å². The second kappa shape index (κ2) is 11.9. The summed E-state index contributed by atoms with van der Waals surface area (Å²) in [5.74, 6) is 1.57. The summed E-state index contributed by atoms with van der Waals surface area (Å²) in [6.07, 6.45) is 6.16. The van der Waals surface area contributed by atoms with Gasteiger partial charge in [-0.3, -0.25) is 9.59 Å². The van der Waals surface area contributed by atoms with E-state index < -0.39 is 5.60 Å². The number of pyridine rings is 1. The number of carbonyl (C=O) groups excluding carboxylic acids is 1. The third kappa shape index (κ3) is 7.13. The van der Waals surface area contributed by atoms with Gasteiger partial charge in [-0.1, -0.05) is 19.9 Å². The third-order valence-corrected chi connectivity index (χ3v) is 7.22. The van der Waals surface area contributed by atoms with E-state index in [1.54, 1.807) is 6.20 Å². The average Bonchev–Trinajstić information content (AvgIpc) is 3.20. The second-order valence-electron chi connectivity index (χ2n) is 12.2. The van der Waals surface area contributed by atoms with Crippen molar-refractivity contribution in [2.24, 2.45) is 17.8 Å². The summed E-state index contributed by atoms with van der Waals surface area (Å²) < 4.78 is 13.6. The Balaban J connectivity index is 1.62. The molecule has 1 atom stereocenters. The molecule has 0 saturated carbocycles. The molecule has 1 N–H and O–H groups in total. The van der Waals surface area contributed by atoms with E-state index in [1.807, 2.05) is 33.8 Å². The lowest BCUT2D eigenvalue weighted by molar-refractivity contribution is -0.160. The summed E-state index contributed by atoms with van der Waals surface area (Å²) >= 11 is 0. The van der Waals surface area contributed by atoms with Crippen LogP contribution >= 0.6 is 0 Å². The highest BCUT2D eigenvalue weighted by atomic mass is 16.6. The molecule has 7 heteroatoms. The number of carbonyl (C=O) groups is 1. The normalized spacial score (nSPS) is 15.8. The van der Waals surface area contributed by atoms with E-state index in [9.17, 15) is 9.59 Å². The number of nitrogens with one attached hydrogen (secondary N) is 1. The maximum atomic E-state index is 12.9. The van der Waals surface area contributed by atoms with Crippen LogP contribution in [-0.4, -0.2) is 39.3 Å². The Morgan fingerprint density at radius 3 is 2.61 bits per heavy atom. The van der Waals surface area contributed by atoms with Gasteiger partial charge < -0.3 is 19.0 Å². The summed E-state index contributed by atoms with van der Waals surface area (Å²) in [4.78, 5) is 32.8. The quantitative estimate of drug-likeness (QED) is 0.346. The zero-order chi connectivity index (χ0) is 27.4. The highest BCUT2D eigenvalue weighted by molar-refractivity contribution is 5.81. The number of esters is 1. The van der Waals surface area contributed by atoms with Crippen molar-refractivity contribution < 1.29 is 14.3 Å². The highest BCUT2D eigenvalue weighted by Gasteiger charge is 2.26. The summed E-state index contributed by atoms with van der Waals surface area (Å²) in [7, 11) is 0. The van der Waals surface area contributed by atoms with Gasteiger partial charge in [0.25, 0.3) is 5.56 Å². The Labute approximate surface area is 226 Å². The van der Waals surface area contributed by atoms with Crippen molar-refractivity contribution in [1.29, 1.82) is 0 Å². The molecule has 0 radical (unpaired) electrons. The third-order valence-electron chi connectivity index (χ3n) is 7.22. The van der Waals surface area contributed by atoms with Crippen LogP contribution < -0.4 is 5.56 Å². The van der Waals surface area contributed by atoms with Crippen LogP contribution in [0.4, 0.5) is 0 Å². The molecule has 206 valence electrons. The minimum absolute atomic E-state index is 0.0796. The molecule has 0 amide bonds. The molecular formula is C31H43N3O4. The second-order valence-corrected chi connectivity index (χ2v) is 12.2. The fraction of sp³-hybridized carbons (Fsp3) is 0.581. The number of nitrogens with zero attached hydrogens (tertiary/aromatic N) is 2. The van der Waals surface area contributed by atoms with E-state index in [4.69, 9.17) is 14.5 Å². The van der Waals surface area contributed by atoms with Gasteiger partial charge in [-0.05, 0) is 95.4 Å². The lowest BCUT2D eigenvalue weighted by atomic mass is 9.91. The number of benzene rings is 1. The number of imidazole rings is 1. The molecule has 0 bridgehead atoms. The molecule has 3 heterocycles. The van der Waals surface area contributed by atoms with Gasteiger partial charge in [0, 0.05) is 37.1 Å². The molecule has 38 heavy (non-hydrogen) atoms. The van der Waals surface area contributed by atoms with Crippen LogP contribution in [0.2, 0.25) is 0 Å². The summed E-state index contributed by atoms with van der Waals surface area (Å²) in [6.45, 7) is 14.3. The molecule has 2 aromatic heterocycles. The van der Waals surface area contributed by atoms with Crippen molar-refractivity contribution in [3.05, 3.63) is 51.9 Å². The first-order valence-corrected chi connectivity index (χ1v) is 14.0. The monoisotopic (exact) mass is 521 g/mol. The van der Waals surface area contributed by atoms with Crippen molar-refractivity contribution >= 4 is 17.0 Å². The average molecular weight is 522 g/mol. The molecule has 0 spiro atoms. The van der Waals surface area contributed by atoms with Crippen molar-refractivity contribution in [1.82, 2.24) is 14.5 Å². The molecule has 4 rings (SSSR count). The molecule has 1 saturated heterocycles. The van der Waals surface area contributed by atoms with E-state index in [-0.39, 0.29) is 17.4 Å². The topological polar surface area (TPSA) is 86.2 Å². The van der Waals surface area contributed by atoms with E-state index in [0.717, 1.165) is 79.8 Å². The van der Waals surface area contributed by atoms with Crippen molar-refractivity contribution in [3.63, 3.8) is 0 Å². The molecule has 0 unspecified atom stereocenters. The number of fused-ring (bicyclic) bond motifs is 1. The van der Waals surface area contributed by atoms with E-state index in [0.29, 0.717) is 17.4 Å². The van der Waals surface area contributed by atoms with Crippen LogP contribution in [0.1, 0.15) is 71.4 Å². The maximum Gasteiger partial charge on any atom is 0.309 e. The maximum absolute atomic E-state index is 12.9. The predicted octanol–water partition coefficient (Wildman–Crippen LogP) is 6.06. The first-order chi connectivity index (χ1) is 18.0. The van der Waals surface area contributed by atoms with Crippen LogP contribution in [0.3, 0.4) is 0 Å². The number of ether oxygens (including phenoxy) is 2. The minimum atomic E-state index is -0.487. The number of aromatic nitrogens is 3. The first kappa shape index (κ1) is 28.1. The van der Waals surface area contributed by atoms with Crippen LogP contribution in [0.15, 0.2) is 35.3 Å². The number of aryl methyl sites for hydroxylation is 2. The highest BCUT2D eigenvalue weighted by Crippen LogP contribution is 2.30. The lowest BCUT2D eigenvalue weighted by Gasteiger charge is -2.25. The molecule has 1 aromatic carbocycles. The molecule has 1 fully saturated rings. The largest absolute Gasteiger partial charge is 0.460 e. The Hall–Kier alpha value is -2.93. The SMILES string of the molecule is Cc1cc(-c2nc3cc(CC[C@@H](CC(C)C)C(=O)OC(C)(C)C)ccc3n2CC2CCOCC2)c[nH]c1=O. The van der Waals surface area contributed by atoms with Crippen LogP contribution in [0.5, 0.6) is 0 Å². The van der Waals surface area contributed by atoms with Crippen LogP contribution in [0.25, 0.3) is 22.4 Å². The molecule has 3 aromatic rings. The van der Waals surface area contributed by atoms with Gasteiger partial charge in [0.05, 0.1) is 17.0 Å². The Bertz CT molecular complexity index is 1310. The number of H-pyrrole nitrogens is 1. The Kier molecular flexibility index (Phi) is 8.76. The molecule has 0 aliphatic carbocycles. The zero-order valence-electron chi connectivity index (χ0n) is 23.8. The summed E-state index contributed by atoms with van der Waals surface area (Å²) in [6, 6.07) is 8.38. The van der Waals surface area contributed by atoms with Crippen molar-refractivity contribution in [2.45, 2.75) is 85.8 Å². The number of aromatic amines is 1. The van der Waals surface area contributed by atoms with Gasteiger partial charge >= 0.3 is 5.97 Å². The summed E-state index contributed by atoms with van der Waals surface area (Å²) in [5.41, 5.74) is 4.20. The van der Waals surface area contributed by atoms with Gasteiger partial charge in [0.1, 0.15) is 11.4 Å². The zero-order valence-corrected chi connectivity index (χ0v) is 23.8. The first-order valence-electron chi connectivity index (χ1n) is 14.0. The summed E-state index contributed by atoms with van der Waals surface area (Å²) in [5, 5.41) is 0. The van der Waals surface area contributed by atoms with E-state index >= 15 is 0 Å². The van der Waals surface area contributed by atoms with Gasteiger partial charge in [0.2, 0.25) is 0 Å². The fourth-order valence-electron chi connectivity index (χ4n) is 5.28. The van der Waals surface area contributed by atoms with E-state index in [1.165, 1.54) is 0 Å². The van der Waals surface area contributed by atoms with Crippen LogP contribution in [-0.2, 0) is 27.2 Å². The number of hydrogen-bond donors (Lipinski definition) is 1. The predicted molar refractivity (Wildman–Crippen MR) is 151 cm³/mol. The number of hydrogen-bond acceptors (Lipinski definition) is 5. The van der Waals surface area contributed by atoms with E-state index in [2.05, 4.69) is 41.6 Å². The minimum Gasteiger partial charge on any atom is -0.460 e. The smallest absolute Gasteiger partial charge is 0.309 e. The number of rotatable bonds is 9. The van der Waals surface area contributed by atoms with Gasteiger partial charge in [-0.25, -0.2) is 4.98 Å². The molecule has 7 nitrogen and oxygen atoms in total. The molecular weight excluding hydrogens is 478 g/mol. The van der Waals surface area contributed by atoms with Crippen LogP contribution in [0, 0.1) is 24.7 Å². The van der Waals surface area contributed by atoms with Crippen molar-refractivity contribution in [2.75, 3.05) is 13.2 Å². The lowest BCUT2D eigenvalue weighted by Crippen LogP contribution is -2.29. The molecule has 1 aliphatic rings. The standard InChI is InChI=1S/C31H43N3O4/c1-20(2)15-24(30(36)38-31(4,5)6)9-7-22-8-10-27-26(17-22)33-28(25-16-21(3)29(35)32-18-25)34(27)19-23-11-13-37-14-12-23/h8,10,16-18,20,23-24H,7,9,11-15,19H2,1-6H3,(H,32,35)/t24-/m0/s1. The van der Waals surface area contributed by atoms with Gasteiger partial charge in [-0.15, -0.1) is 0 Å². The van der Waals surface area contributed by atoms with Gasteiger partial charge in [0.15, 0.2) is 0 Å².